The zero-order valence-electron chi connectivity index (χ0n) is 16.5. The summed E-state index contributed by atoms with van der Waals surface area (Å²) in [7, 11) is 0. The van der Waals surface area contributed by atoms with Gasteiger partial charge in [0.15, 0.2) is 5.13 Å². The summed E-state index contributed by atoms with van der Waals surface area (Å²) in [5.41, 5.74) is 3.49. The topological polar surface area (TPSA) is 45.7 Å². The Morgan fingerprint density at radius 1 is 1.30 bits per heavy atom. The first-order chi connectivity index (χ1) is 12.6. The van der Waals surface area contributed by atoms with Gasteiger partial charge < -0.3 is 4.74 Å². The van der Waals surface area contributed by atoms with Gasteiger partial charge >= 0.3 is 0 Å². The maximum absolute atomic E-state index is 12.7. The fraction of sp³-hybridized carbons (Fsp3) is 0.600. The second kappa shape index (κ2) is 10.4. The molecule has 1 fully saturated rings. The molecule has 0 radical (unpaired) electrons. The second-order valence-electron chi connectivity index (χ2n) is 6.95. The van der Waals surface area contributed by atoms with Crippen molar-refractivity contribution < 1.29 is 9.53 Å². The Kier molecular flexibility index (Phi) is 8.48. The van der Waals surface area contributed by atoms with Crippen molar-refractivity contribution in [2.45, 2.75) is 40.0 Å². The first-order valence-corrected chi connectivity index (χ1v) is 10.4. The number of thiazole rings is 1. The molecular weight excluding hydrogens is 382 g/mol. The van der Waals surface area contributed by atoms with Gasteiger partial charge in [0.25, 0.3) is 0 Å². The molecule has 7 heteroatoms. The van der Waals surface area contributed by atoms with Gasteiger partial charge in [0.05, 0.1) is 23.4 Å². The van der Waals surface area contributed by atoms with Crippen LogP contribution < -0.4 is 4.90 Å². The number of carbonyl (C=O) groups excluding carboxylic acids is 1. The van der Waals surface area contributed by atoms with Crippen molar-refractivity contribution in [3.63, 3.8) is 0 Å². The highest BCUT2D eigenvalue weighted by Crippen LogP contribution is 2.32. The molecule has 27 heavy (non-hydrogen) atoms. The van der Waals surface area contributed by atoms with Gasteiger partial charge in [-0.05, 0) is 43.9 Å². The van der Waals surface area contributed by atoms with Crippen LogP contribution in [0.5, 0.6) is 0 Å². The zero-order chi connectivity index (χ0) is 18.5. The van der Waals surface area contributed by atoms with E-state index in [1.54, 1.807) is 11.3 Å². The molecule has 1 aromatic heterocycles. The van der Waals surface area contributed by atoms with Crippen LogP contribution in [0.1, 0.15) is 37.3 Å². The number of hydrogen-bond acceptors (Lipinski definition) is 5. The predicted molar refractivity (Wildman–Crippen MR) is 115 cm³/mol. The number of amides is 1. The molecule has 0 spiro atoms. The quantitative estimate of drug-likeness (QED) is 0.685. The molecule has 3 rings (SSSR count). The van der Waals surface area contributed by atoms with Crippen molar-refractivity contribution in [2.24, 2.45) is 0 Å². The van der Waals surface area contributed by atoms with Gasteiger partial charge in [-0.2, -0.15) is 0 Å². The number of morpholine rings is 1. The molecule has 1 saturated heterocycles. The third-order valence-corrected chi connectivity index (χ3v) is 6.07. The van der Waals surface area contributed by atoms with Crippen LogP contribution in [0.4, 0.5) is 5.13 Å². The average Bonchev–Trinajstić information content (AvgIpc) is 3.07. The highest BCUT2D eigenvalue weighted by Gasteiger charge is 2.20. The third kappa shape index (κ3) is 5.41. The molecule has 0 aliphatic carbocycles. The molecule has 150 valence electrons. The lowest BCUT2D eigenvalue weighted by atomic mass is 10.1. The van der Waals surface area contributed by atoms with Crippen LogP contribution in [-0.2, 0) is 9.53 Å². The Balaban J connectivity index is 0.00000261. The Hall–Kier alpha value is -1.21. The Morgan fingerprint density at radius 3 is 2.74 bits per heavy atom. The van der Waals surface area contributed by atoms with Crippen molar-refractivity contribution in [2.75, 3.05) is 44.3 Å². The lowest BCUT2D eigenvalue weighted by molar-refractivity contribution is -0.118. The summed E-state index contributed by atoms with van der Waals surface area (Å²) in [6.45, 7) is 11.6. The van der Waals surface area contributed by atoms with Crippen LogP contribution in [0.15, 0.2) is 12.1 Å². The maximum Gasteiger partial charge on any atom is 0.228 e. The lowest BCUT2D eigenvalue weighted by Gasteiger charge is -2.27. The number of benzene rings is 1. The van der Waals surface area contributed by atoms with Gasteiger partial charge in [-0.25, -0.2) is 4.98 Å². The number of anilines is 1. The monoisotopic (exact) mass is 411 g/mol. The standard InChI is InChI=1S/C20H29N3O2S.ClH/c1-4-6-18(24)23(10-5-9-22-11-13-25-14-12-22)20-21-19-16(3)15(2)7-8-17(19)26-20;/h7-8H,4-6,9-14H2,1-3H3;1H. The van der Waals surface area contributed by atoms with Gasteiger partial charge in [0, 0.05) is 32.6 Å². The van der Waals surface area contributed by atoms with Crippen LogP contribution in [-0.4, -0.2) is 55.2 Å². The molecule has 0 unspecified atom stereocenters. The minimum atomic E-state index is 0. The van der Waals surface area contributed by atoms with Gasteiger partial charge in [0.1, 0.15) is 0 Å². The minimum Gasteiger partial charge on any atom is -0.379 e. The Bertz CT molecular complexity index is 759. The van der Waals surface area contributed by atoms with E-state index in [0.29, 0.717) is 6.42 Å². The number of aromatic nitrogens is 1. The number of aryl methyl sites for hydroxylation is 2. The highest BCUT2D eigenvalue weighted by molar-refractivity contribution is 7.22. The van der Waals surface area contributed by atoms with Crippen LogP contribution in [0.25, 0.3) is 10.2 Å². The summed E-state index contributed by atoms with van der Waals surface area (Å²) in [5, 5.41) is 0.842. The van der Waals surface area contributed by atoms with E-state index < -0.39 is 0 Å². The molecule has 2 heterocycles. The van der Waals surface area contributed by atoms with Gasteiger partial charge in [0.2, 0.25) is 5.91 Å². The van der Waals surface area contributed by atoms with Crippen LogP contribution >= 0.6 is 23.7 Å². The molecule has 5 nitrogen and oxygen atoms in total. The fourth-order valence-corrected chi connectivity index (χ4v) is 4.35. The SMILES string of the molecule is CCCC(=O)N(CCCN1CCOCC1)c1nc2c(C)c(C)ccc2s1.Cl. The Morgan fingerprint density at radius 2 is 2.04 bits per heavy atom. The number of fused-ring (bicyclic) bond motifs is 1. The van der Waals surface area contributed by atoms with Crippen molar-refractivity contribution >= 4 is 45.0 Å². The van der Waals surface area contributed by atoms with Crippen LogP contribution in [0.3, 0.4) is 0 Å². The molecule has 0 N–H and O–H groups in total. The van der Waals surface area contributed by atoms with Gasteiger partial charge in [-0.1, -0.05) is 24.3 Å². The maximum atomic E-state index is 12.7. The van der Waals surface area contributed by atoms with Crippen molar-refractivity contribution in [1.29, 1.82) is 0 Å². The first-order valence-electron chi connectivity index (χ1n) is 9.57. The van der Waals surface area contributed by atoms with Crippen molar-refractivity contribution in [3.8, 4) is 0 Å². The molecular formula is C20H30ClN3O2S. The molecule has 1 aliphatic rings. The van der Waals surface area contributed by atoms with E-state index in [4.69, 9.17) is 9.72 Å². The van der Waals surface area contributed by atoms with E-state index >= 15 is 0 Å². The predicted octanol–water partition coefficient (Wildman–Crippen LogP) is 4.19. The molecule has 0 bridgehead atoms. The molecule has 0 saturated carbocycles. The average molecular weight is 412 g/mol. The van der Waals surface area contributed by atoms with E-state index in [0.717, 1.165) is 67.6 Å². The highest BCUT2D eigenvalue weighted by atomic mass is 35.5. The van der Waals surface area contributed by atoms with Gasteiger partial charge in [-0.3, -0.25) is 14.6 Å². The first kappa shape index (κ1) is 22.1. The summed E-state index contributed by atoms with van der Waals surface area (Å²) in [5.74, 6) is 0.183. The van der Waals surface area contributed by atoms with E-state index in [9.17, 15) is 4.79 Å². The summed E-state index contributed by atoms with van der Waals surface area (Å²) in [4.78, 5) is 21.9. The van der Waals surface area contributed by atoms with Crippen molar-refractivity contribution in [1.82, 2.24) is 9.88 Å². The number of ether oxygens (including phenoxy) is 1. The van der Waals surface area contributed by atoms with E-state index in [-0.39, 0.29) is 18.3 Å². The molecule has 1 amide bonds. The number of halogens is 1. The smallest absolute Gasteiger partial charge is 0.228 e. The fourth-order valence-electron chi connectivity index (χ4n) is 3.28. The minimum absolute atomic E-state index is 0. The number of carbonyl (C=O) groups is 1. The van der Waals surface area contributed by atoms with E-state index in [1.165, 1.54) is 11.1 Å². The zero-order valence-corrected chi connectivity index (χ0v) is 18.1. The summed E-state index contributed by atoms with van der Waals surface area (Å²) >= 11 is 1.63. The number of rotatable bonds is 7. The van der Waals surface area contributed by atoms with Crippen molar-refractivity contribution in [3.05, 3.63) is 23.3 Å². The molecule has 1 aromatic carbocycles. The van der Waals surface area contributed by atoms with Gasteiger partial charge in [-0.15, -0.1) is 12.4 Å². The van der Waals surface area contributed by atoms with E-state index in [1.807, 2.05) is 4.90 Å². The summed E-state index contributed by atoms with van der Waals surface area (Å²) in [6.07, 6.45) is 2.40. The number of hydrogen-bond donors (Lipinski definition) is 0. The third-order valence-electron chi connectivity index (χ3n) is 5.03. The largest absolute Gasteiger partial charge is 0.379 e. The Labute approximate surface area is 172 Å². The van der Waals surface area contributed by atoms with Crippen LogP contribution in [0.2, 0.25) is 0 Å². The lowest BCUT2D eigenvalue weighted by Crippen LogP contribution is -2.39. The number of nitrogens with zero attached hydrogens (tertiary/aromatic N) is 3. The summed E-state index contributed by atoms with van der Waals surface area (Å²) in [6, 6.07) is 4.26. The molecule has 2 aromatic rings. The second-order valence-corrected chi connectivity index (χ2v) is 7.96. The summed E-state index contributed by atoms with van der Waals surface area (Å²) < 4.78 is 6.56. The van der Waals surface area contributed by atoms with E-state index in [2.05, 4.69) is 37.8 Å². The molecule has 1 aliphatic heterocycles. The van der Waals surface area contributed by atoms with Crippen LogP contribution in [0, 0.1) is 13.8 Å². The normalized spacial score (nSPS) is 14.9. The molecule has 0 atom stereocenters.